The number of carboxylic acids is 1. The van der Waals surface area contributed by atoms with E-state index in [1.807, 2.05) is 67.6 Å². The molecule has 0 saturated heterocycles. The summed E-state index contributed by atoms with van der Waals surface area (Å²) in [6, 6.07) is 18.9. The highest BCUT2D eigenvalue weighted by Crippen LogP contribution is 2.30. The summed E-state index contributed by atoms with van der Waals surface area (Å²) in [7, 11) is 0. The number of aryl methyl sites for hydroxylation is 1. The lowest BCUT2D eigenvalue weighted by Crippen LogP contribution is -2.22. The zero-order valence-corrected chi connectivity index (χ0v) is 17.2. The Bertz CT molecular complexity index is 1210. The Kier molecular flexibility index (Phi) is 5.72. The molecule has 3 N–H and O–H groups in total. The van der Waals surface area contributed by atoms with Gasteiger partial charge in [-0.3, -0.25) is 4.79 Å². The highest BCUT2D eigenvalue weighted by atomic mass is 32.2. The number of rotatable bonds is 5. The van der Waals surface area contributed by atoms with E-state index in [-0.39, 0.29) is 0 Å². The standard InChI is InChI=1S/C23H18N2O2S2/c1-15-6-8-16(9-7-15)10-11-17-12-13-21(28-17)29-25-22(23(26)27)19-14-24-20-5-3-2-4-18(19)20/h2-9,12-14,22,24-25H,1H3,(H,26,27). The fourth-order valence-electron chi connectivity index (χ4n) is 2.91. The highest BCUT2D eigenvalue weighted by molar-refractivity contribution is 7.99. The number of nitrogens with one attached hydrogen (secondary N) is 2. The number of para-hydroxylation sites is 1. The van der Waals surface area contributed by atoms with Gasteiger partial charge in [-0.2, -0.15) is 0 Å². The van der Waals surface area contributed by atoms with Crippen LogP contribution in [0.1, 0.15) is 27.6 Å². The molecule has 0 amide bonds. The first-order chi connectivity index (χ1) is 14.1. The Balaban J connectivity index is 1.47. The quantitative estimate of drug-likeness (QED) is 0.302. The Hall–Kier alpha value is -2.98. The first-order valence-corrected chi connectivity index (χ1v) is 10.6. The van der Waals surface area contributed by atoms with Gasteiger partial charge in [-0.25, -0.2) is 4.72 Å². The predicted molar refractivity (Wildman–Crippen MR) is 119 cm³/mol. The smallest absolute Gasteiger partial charge is 0.326 e. The molecule has 4 nitrogen and oxygen atoms in total. The van der Waals surface area contributed by atoms with Gasteiger partial charge in [0.25, 0.3) is 0 Å². The van der Waals surface area contributed by atoms with Crippen LogP contribution in [0.2, 0.25) is 0 Å². The third kappa shape index (κ3) is 4.54. The molecule has 0 aliphatic rings. The van der Waals surface area contributed by atoms with Gasteiger partial charge in [0.05, 0.1) is 9.09 Å². The Morgan fingerprint density at radius 3 is 2.69 bits per heavy atom. The number of benzene rings is 2. The van der Waals surface area contributed by atoms with Crippen molar-refractivity contribution in [1.29, 1.82) is 0 Å². The van der Waals surface area contributed by atoms with Crippen LogP contribution in [0.4, 0.5) is 0 Å². The lowest BCUT2D eigenvalue weighted by Gasteiger charge is -2.12. The molecule has 1 unspecified atom stereocenters. The van der Waals surface area contributed by atoms with Crippen molar-refractivity contribution in [2.24, 2.45) is 0 Å². The van der Waals surface area contributed by atoms with E-state index in [1.165, 1.54) is 28.8 Å². The van der Waals surface area contributed by atoms with Crippen LogP contribution < -0.4 is 4.72 Å². The van der Waals surface area contributed by atoms with Crippen LogP contribution in [0.5, 0.6) is 0 Å². The van der Waals surface area contributed by atoms with E-state index in [0.29, 0.717) is 0 Å². The van der Waals surface area contributed by atoms with E-state index >= 15 is 0 Å². The Morgan fingerprint density at radius 1 is 1.10 bits per heavy atom. The minimum Gasteiger partial charge on any atom is -0.480 e. The summed E-state index contributed by atoms with van der Waals surface area (Å²) in [6.45, 7) is 2.05. The van der Waals surface area contributed by atoms with E-state index in [4.69, 9.17) is 0 Å². The second-order valence-corrected chi connectivity index (χ2v) is 8.74. The molecular formula is C23H18N2O2S2. The van der Waals surface area contributed by atoms with Gasteiger partial charge in [0.15, 0.2) is 0 Å². The number of aromatic amines is 1. The molecule has 144 valence electrons. The van der Waals surface area contributed by atoms with E-state index in [0.717, 1.165) is 31.1 Å². The maximum atomic E-state index is 11.8. The molecule has 2 aromatic heterocycles. The third-order valence-corrected chi connectivity index (χ3v) is 6.41. The van der Waals surface area contributed by atoms with Crippen LogP contribution in [0.15, 0.2) is 71.1 Å². The SMILES string of the molecule is Cc1ccc(C#Cc2ccc(SNC(C(=O)O)c3c[nH]c4ccccc34)s2)cc1. The average Bonchev–Trinajstić information content (AvgIpc) is 3.35. The first-order valence-electron chi connectivity index (χ1n) is 9.00. The van der Waals surface area contributed by atoms with Gasteiger partial charge in [0, 0.05) is 28.2 Å². The van der Waals surface area contributed by atoms with Crippen molar-refractivity contribution in [3.8, 4) is 11.8 Å². The summed E-state index contributed by atoms with van der Waals surface area (Å²) in [5, 5.41) is 10.6. The fraction of sp³-hybridized carbons (Fsp3) is 0.0870. The summed E-state index contributed by atoms with van der Waals surface area (Å²) in [5.41, 5.74) is 3.82. The van der Waals surface area contributed by atoms with E-state index < -0.39 is 12.0 Å². The van der Waals surface area contributed by atoms with E-state index in [9.17, 15) is 9.90 Å². The van der Waals surface area contributed by atoms with Crippen LogP contribution in [0.3, 0.4) is 0 Å². The molecule has 1 atom stereocenters. The molecular weight excluding hydrogens is 400 g/mol. The number of H-pyrrole nitrogens is 1. The zero-order valence-electron chi connectivity index (χ0n) is 15.6. The monoisotopic (exact) mass is 418 g/mol. The van der Waals surface area contributed by atoms with Gasteiger partial charge >= 0.3 is 5.97 Å². The van der Waals surface area contributed by atoms with Crippen molar-refractivity contribution in [2.75, 3.05) is 0 Å². The van der Waals surface area contributed by atoms with Crippen molar-refractivity contribution in [3.63, 3.8) is 0 Å². The molecule has 0 saturated carbocycles. The zero-order chi connectivity index (χ0) is 20.2. The molecule has 2 heterocycles. The predicted octanol–water partition coefficient (Wildman–Crippen LogP) is 5.36. The Labute approximate surface area is 177 Å². The normalized spacial score (nSPS) is 11.8. The van der Waals surface area contributed by atoms with Crippen molar-refractivity contribution in [1.82, 2.24) is 9.71 Å². The molecule has 0 fully saturated rings. The number of carbonyl (C=O) groups is 1. The molecule has 0 aliphatic heterocycles. The lowest BCUT2D eigenvalue weighted by molar-refractivity contribution is -0.139. The van der Waals surface area contributed by atoms with Crippen molar-refractivity contribution in [2.45, 2.75) is 17.2 Å². The number of thiophene rings is 1. The number of hydrogen-bond acceptors (Lipinski definition) is 4. The van der Waals surface area contributed by atoms with Gasteiger partial charge in [0.1, 0.15) is 6.04 Å². The second-order valence-electron chi connectivity index (χ2n) is 6.52. The molecule has 0 radical (unpaired) electrons. The lowest BCUT2D eigenvalue weighted by atomic mass is 10.1. The molecule has 0 aliphatic carbocycles. The van der Waals surface area contributed by atoms with Gasteiger partial charge in [-0.05, 0) is 49.2 Å². The minimum absolute atomic E-state index is 0.719. The van der Waals surface area contributed by atoms with Crippen LogP contribution in [-0.4, -0.2) is 16.1 Å². The summed E-state index contributed by atoms with van der Waals surface area (Å²) in [6.07, 6.45) is 1.75. The van der Waals surface area contributed by atoms with Crippen LogP contribution in [0, 0.1) is 18.8 Å². The number of aliphatic carboxylic acids is 1. The third-order valence-electron chi connectivity index (χ3n) is 4.42. The van der Waals surface area contributed by atoms with Crippen LogP contribution in [0.25, 0.3) is 10.9 Å². The number of carboxylic acid groups (broad SMARTS) is 1. The second kappa shape index (κ2) is 8.58. The summed E-state index contributed by atoms with van der Waals surface area (Å²) >= 11 is 2.85. The molecule has 6 heteroatoms. The summed E-state index contributed by atoms with van der Waals surface area (Å²) in [5.74, 6) is 5.41. The summed E-state index contributed by atoms with van der Waals surface area (Å²) in [4.78, 5) is 15.9. The molecule has 2 aromatic carbocycles. The molecule has 0 spiro atoms. The molecule has 0 bridgehead atoms. The van der Waals surface area contributed by atoms with Gasteiger partial charge in [-0.15, -0.1) is 11.3 Å². The average molecular weight is 419 g/mol. The highest BCUT2D eigenvalue weighted by Gasteiger charge is 2.23. The molecule has 4 rings (SSSR count). The van der Waals surface area contributed by atoms with Crippen molar-refractivity contribution >= 4 is 40.2 Å². The number of aromatic nitrogens is 1. The maximum Gasteiger partial charge on any atom is 0.326 e. The van der Waals surface area contributed by atoms with Gasteiger partial charge in [0.2, 0.25) is 0 Å². The molecule has 29 heavy (non-hydrogen) atoms. The Morgan fingerprint density at radius 2 is 1.90 bits per heavy atom. The van der Waals surface area contributed by atoms with E-state index in [2.05, 4.69) is 21.5 Å². The maximum absolute atomic E-state index is 11.8. The van der Waals surface area contributed by atoms with Crippen molar-refractivity contribution < 1.29 is 9.90 Å². The van der Waals surface area contributed by atoms with E-state index in [1.54, 1.807) is 6.20 Å². The fourth-order valence-corrected chi connectivity index (χ4v) is 4.68. The van der Waals surface area contributed by atoms with Crippen molar-refractivity contribution in [3.05, 3.63) is 88.4 Å². The topological polar surface area (TPSA) is 65.1 Å². The van der Waals surface area contributed by atoms with Crippen LogP contribution in [-0.2, 0) is 4.79 Å². The molecule has 4 aromatic rings. The summed E-state index contributed by atoms with van der Waals surface area (Å²) < 4.78 is 4.05. The number of fused-ring (bicyclic) bond motifs is 1. The van der Waals surface area contributed by atoms with Crippen LogP contribution >= 0.6 is 23.3 Å². The largest absolute Gasteiger partial charge is 0.480 e. The van der Waals surface area contributed by atoms with Gasteiger partial charge < -0.3 is 10.1 Å². The first kappa shape index (κ1) is 19.3. The minimum atomic E-state index is -0.918. The van der Waals surface area contributed by atoms with Gasteiger partial charge in [-0.1, -0.05) is 47.7 Å². The number of hydrogen-bond donors (Lipinski definition) is 3.